The molecule has 1 atom stereocenters. The Hall–Kier alpha value is -1.42. The van der Waals surface area contributed by atoms with Crippen LogP contribution in [0.3, 0.4) is 0 Å². The van der Waals surface area contributed by atoms with E-state index in [4.69, 9.17) is 10.2 Å². The summed E-state index contributed by atoms with van der Waals surface area (Å²) < 4.78 is 12.9. The SMILES string of the molecule is O=C(O)C(O)(F)CCCc1ccccc1. The third-order valence-electron chi connectivity index (χ3n) is 2.14. The lowest BCUT2D eigenvalue weighted by Crippen LogP contribution is -2.33. The molecule has 0 saturated carbocycles. The predicted molar refractivity (Wildman–Crippen MR) is 53.1 cm³/mol. The lowest BCUT2D eigenvalue weighted by molar-refractivity contribution is -0.181. The number of alkyl halides is 1. The fourth-order valence-electron chi connectivity index (χ4n) is 1.28. The van der Waals surface area contributed by atoms with E-state index in [0.29, 0.717) is 12.8 Å². The maximum absolute atomic E-state index is 12.9. The lowest BCUT2D eigenvalue weighted by atomic mass is 10.1. The number of rotatable bonds is 5. The summed E-state index contributed by atoms with van der Waals surface area (Å²) in [6.07, 6.45) is 0.459. The number of carboxylic acid groups (broad SMARTS) is 1. The first-order chi connectivity index (χ1) is 7.02. The summed E-state index contributed by atoms with van der Waals surface area (Å²) in [6, 6.07) is 9.32. The highest BCUT2D eigenvalue weighted by molar-refractivity contribution is 5.74. The van der Waals surface area contributed by atoms with Crippen LogP contribution in [0.25, 0.3) is 0 Å². The zero-order valence-electron chi connectivity index (χ0n) is 8.19. The fourth-order valence-corrected chi connectivity index (χ4v) is 1.28. The Labute approximate surface area is 87.2 Å². The van der Waals surface area contributed by atoms with Crippen molar-refractivity contribution in [1.29, 1.82) is 0 Å². The second kappa shape index (κ2) is 4.89. The van der Waals surface area contributed by atoms with Crippen LogP contribution in [0.5, 0.6) is 0 Å². The minimum atomic E-state index is -3.10. The molecule has 1 rings (SSSR count). The van der Waals surface area contributed by atoms with Gasteiger partial charge in [0.25, 0.3) is 0 Å². The van der Waals surface area contributed by atoms with Crippen molar-refractivity contribution in [3.8, 4) is 0 Å². The van der Waals surface area contributed by atoms with Gasteiger partial charge in [-0.2, -0.15) is 4.39 Å². The van der Waals surface area contributed by atoms with E-state index in [1.807, 2.05) is 30.3 Å². The zero-order valence-corrected chi connectivity index (χ0v) is 8.19. The quantitative estimate of drug-likeness (QED) is 0.781. The van der Waals surface area contributed by atoms with E-state index in [9.17, 15) is 9.18 Å². The molecule has 4 heteroatoms. The Kier molecular flexibility index (Phi) is 3.80. The molecule has 1 unspecified atom stereocenters. The summed E-state index contributed by atoms with van der Waals surface area (Å²) in [6.45, 7) is 0. The van der Waals surface area contributed by atoms with Crippen LogP contribution in [0, 0.1) is 0 Å². The Bertz CT molecular complexity index is 322. The molecule has 0 heterocycles. The van der Waals surface area contributed by atoms with Crippen molar-refractivity contribution >= 4 is 5.97 Å². The Morgan fingerprint density at radius 2 is 1.93 bits per heavy atom. The molecule has 0 spiro atoms. The number of halogens is 1. The van der Waals surface area contributed by atoms with Crippen LogP contribution in [0.2, 0.25) is 0 Å². The zero-order chi connectivity index (χ0) is 11.3. The van der Waals surface area contributed by atoms with Gasteiger partial charge in [0.15, 0.2) is 0 Å². The molecular formula is C11H13FO3. The monoisotopic (exact) mass is 212 g/mol. The first-order valence-electron chi connectivity index (χ1n) is 4.71. The number of aliphatic carboxylic acids is 1. The Balaban J connectivity index is 2.37. The van der Waals surface area contributed by atoms with Gasteiger partial charge < -0.3 is 10.2 Å². The molecule has 1 aromatic carbocycles. The smallest absolute Gasteiger partial charge is 0.369 e. The van der Waals surface area contributed by atoms with Gasteiger partial charge in [0.1, 0.15) is 0 Å². The lowest BCUT2D eigenvalue weighted by Gasteiger charge is -2.12. The molecule has 2 N–H and O–H groups in total. The van der Waals surface area contributed by atoms with E-state index in [2.05, 4.69) is 0 Å². The number of hydrogen-bond acceptors (Lipinski definition) is 2. The van der Waals surface area contributed by atoms with Gasteiger partial charge >= 0.3 is 11.8 Å². The van der Waals surface area contributed by atoms with Crippen molar-refractivity contribution in [2.24, 2.45) is 0 Å². The van der Waals surface area contributed by atoms with Crippen LogP contribution in [-0.2, 0) is 11.2 Å². The second-order valence-electron chi connectivity index (χ2n) is 3.40. The van der Waals surface area contributed by atoms with Crippen LogP contribution in [0.1, 0.15) is 18.4 Å². The average molecular weight is 212 g/mol. The largest absolute Gasteiger partial charge is 0.477 e. The van der Waals surface area contributed by atoms with E-state index in [-0.39, 0.29) is 0 Å². The van der Waals surface area contributed by atoms with E-state index < -0.39 is 18.2 Å². The van der Waals surface area contributed by atoms with Gasteiger partial charge in [-0.25, -0.2) is 4.79 Å². The minimum Gasteiger partial charge on any atom is -0.477 e. The number of aryl methyl sites for hydroxylation is 1. The first kappa shape index (κ1) is 11.7. The number of aliphatic hydroxyl groups is 1. The molecule has 0 aliphatic heterocycles. The number of benzene rings is 1. The molecule has 0 aliphatic carbocycles. The summed E-state index contributed by atoms with van der Waals surface area (Å²) >= 11 is 0. The van der Waals surface area contributed by atoms with Crippen LogP contribution >= 0.6 is 0 Å². The van der Waals surface area contributed by atoms with Gasteiger partial charge in [-0.3, -0.25) is 0 Å². The van der Waals surface area contributed by atoms with E-state index in [1.54, 1.807) is 0 Å². The molecule has 0 aliphatic rings. The topological polar surface area (TPSA) is 57.5 Å². The van der Waals surface area contributed by atoms with Crippen molar-refractivity contribution in [2.75, 3.05) is 0 Å². The van der Waals surface area contributed by atoms with Gasteiger partial charge in [-0.05, 0) is 18.4 Å². The van der Waals surface area contributed by atoms with E-state index >= 15 is 0 Å². The molecule has 0 saturated heterocycles. The summed E-state index contributed by atoms with van der Waals surface area (Å²) in [4.78, 5) is 10.2. The standard InChI is InChI=1S/C11H13FO3/c12-11(15,10(13)14)8-4-7-9-5-2-1-3-6-9/h1-3,5-6,15H,4,7-8H2,(H,13,14). The molecule has 15 heavy (non-hydrogen) atoms. The molecule has 0 bridgehead atoms. The first-order valence-corrected chi connectivity index (χ1v) is 4.71. The van der Waals surface area contributed by atoms with Crippen LogP contribution < -0.4 is 0 Å². The van der Waals surface area contributed by atoms with Crippen molar-refractivity contribution in [3.05, 3.63) is 35.9 Å². The Morgan fingerprint density at radius 3 is 2.47 bits per heavy atom. The molecular weight excluding hydrogens is 199 g/mol. The summed E-state index contributed by atoms with van der Waals surface area (Å²) in [5, 5.41) is 17.1. The summed E-state index contributed by atoms with van der Waals surface area (Å²) in [7, 11) is 0. The molecule has 0 fully saturated rings. The van der Waals surface area contributed by atoms with Crippen molar-refractivity contribution in [1.82, 2.24) is 0 Å². The predicted octanol–water partition coefficient (Wildman–Crippen LogP) is 1.75. The second-order valence-corrected chi connectivity index (χ2v) is 3.40. The van der Waals surface area contributed by atoms with Crippen LogP contribution in [0.15, 0.2) is 30.3 Å². The van der Waals surface area contributed by atoms with Gasteiger partial charge in [0.2, 0.25) is 0 Å². The minimum absolute atomic E-state index is 0.295. The molecule has 3 nitrogen and oxygen atoms in total. The normalized spacial score (nSPS) is 14.5. The molecule has 0 radical (unpaired) electrons. The molecule has 82 valence electrons. The highest BCUT2D eigenvalue weighted by atomic mass is 19.2. The fraction of sp³-hybridized carbons (Fsp3) is 0.364. The highest BCUT2D eigenvalue weighted by Gasteiger charge is 2.34. The number of carboxylic acids is 1. The average Bonchev–Trinajstić information content (AvgIpc) is 2.19. The van der Waals surface area contributed by atoms with Crippen LogP contribution in [0.4, 0.5) is 4.39 Å². The van der Waals surface area contributed by atoms with Crippen molar-refractivity contribution in [2.45, 2.75) is 25.1 Å². The third kappa shape index (κ3) is 3.67. The van der Waals surface area contributed by atoms with Gasteiger partial charge in [0.05, 0.1) is 0 Å². The Morgan fingerprint density at radius 1 is 1.33 bits per heavy atom. The van der Waals surface area contributed by atoms with Crippen molar-refractivity contribution in [3.63, 3.8) is 0 Å². The van der Waals surface area contributed by atoms with Crippen LogP contribution in [-0.4, -0.2) is 22.0 Å². The summed E-state index contributed by atoms with van der Waals surface area (Å²) in [5.74, 6) is -4.93. The maximum atomic E-state index is 12.9. The molecule has 0 aromatic heterocycles. The van der Waals surface area contributed by atoms with Gasteiger partial charge in [-0.1, -0.05) is 30.3 Å². The van der Waals surface area contributed by atoms with E-state index in [0.717, 1.165) is 5.56 Å². The highest BCUT2D eigenvalue weighted by Crippen LogP contribution is 2.16. The molecule has 0 amide bonds. The third-order valence-corrected chi connectivity index (χ3v) is 2.14. The number of carbonyl (C=O) groups is 1. The van der Waals surface area contributed by atoms with E-state index in [1.165, 1.54) is 0 Å². The number of hydrogen-bond donors (Lipinski definition) is 2. The maximum Gasteiger partial charge on any atom is 0.369 e. The summed E-state index contributed by atoms with van der Waals surface area (Å²) in [5.41, 5.74) is 0.999. The van der Waals surface area contributed by atoms with Gasteiger partial charge in [-0.15, -0.1) is 0 Å². The van der Waals surface area contributed by atoms with Gasteiger partial charge in [0, 0.05) is 6.42 Å². The van der Waals surface area contributed by atoms with Crippen molar-refractivity contribution < 1.29 is 19.4 Å². The molecule has 1 aromatic rings.